The lowest BCUT2D eigenvalue weighted by Gasteiger charge is -2.22. The predicted octanol–water partition coefficient (Wildman–Crippen LogP) is 2.31. The van der Waals surface area contributed by atoms with E-state index in [1.165, 1.54) is 0 Å². The van der Waals surface area contributed by atoms with Crippen LogP contribution in [-0.2, 0) is 21.2 Å². The van der Waals surface area contributed by atoms with E-state index in [2.05, 4.69) is 15.6 Å². The molecule has 158 valence electrons. The van der Waals surface area contributed by atoms with Crippen molar-refractivity contribution in [3.05, 3.63) is 33.8 Å². The van der Waals surface area contributed by atoms with Crippen LogP contribution in [0.25, 0.3) is 0 Å². The smallest absolute Gasteiger partial charge is 0.222 e. The highest BCUT2D eigenvalue weighted by Gasteiger charge is 2.28. The van der Waals surface area contributed by atoms with Crippen molar-refractivity contribution in [3.63, 3.8) is 0 Å². The average Bonchev–Trinajstić information content (AvgIpc) is 2.93. The van der Waals surface area contributed by atoms with Gasteiger partial charge in [-0.3, -0.25) is 9.79 Å². The molecule has 0 aromatic heterocycles. The highest BCUT2D eigenvalue weighted by molar-refractivity contribution is 14.0. The molecule has 1 saturated heterocycles. The Morgan fingerprint density at radius 1 is 1.32 bits per heavy atom. The van der Waals surface area contributed by atoms with Crippen LogP contribution >= 0.6 is 47.2 Å². The van der Waals surface area contributed by atoms with Crippen molar-refractivity contribution in [1.82, 2.24) is 15.5 Å². The molecule has 1 aliphatic rings. The van der Waals surface area contributed by atoms with Crippen molar-refractivity contribution < 1.29 is 13.2 Å². The number of halogens is 3. The van der Waals surface area contributed by atoms with E-state index in [9.17, 15) is 13.2 Å². The van der Waals surface area contributed by atoms with Crippen LogP contribution in [0.1, 0.15) is 18.4 Å². The minimum absolute atomic E-state index is 0. The van der Waals surface area contributed by atoms with Gasteiger partial charge in [0.05, 0.1) is 21.6 Å². The van der Waals surface area contributed by atoms with E-state index in [0.717, 1.165) is 5.56 Å². The van der Waals surface area contributed by atoms with Crippen LogP contribution < -0.4 is 10.6 Å². The van der Waals surface area contributed by atoms with E-state index in [4.69, 9.17) is 23.2 Å². The molecule has 1 aromatic rings. The maximum atomic E-state index is 12.0. The van der Waals surface area contributed by atoms with Gasteiger partial charge in [0.1, 0.15) is 0 Å². The maximum absolute atomic E-state index is 12.0. The average molecular weight is 563 g/mol. The van der Waals surface area contributed by atoms with Crippen molar-refractivity contribution >= 4 is 68.9 Å². The second-order valence-electron chi connectivity index (χ2n) is 6.50. The fourth-order valence-corrected chi connectivity index (χ4v) is 4.86. The van der Waals surface area contributed by atoms with E-state index in [1.54, 1.807) is 19.2 Å². The number of hydrogen-bond acceptors (Lipinski definition) is 4. The van der Waals surface area contributed by atoms with E-state index < -0.39 is 9.84 Å². The summed E-state index contributed by atoms with van der Waals surface area (Å²) in [4.78, 5) is 18.1. The molecule has 1 atom stereocenters. The van der Waals surface area contributed by atoms with Gasteiger partial charge < -0.3 is 15.5 Å². The molecule has 1 fully saturated rings. The summed E-state index contributed by atoms with van der Waals surface area (Å²) >= 11 is 12.0. The molecule has 28 heavy (non-hydrogen) atoms. The van der Waals surface area contributed by atoms with Gasteiger partial charge >= 0.3 is 0 Å². The molecule has 7 nitrogen and oxygen atoms in total. The first kappa shape index (κ1) is 25.3. The molecular formula is C17H25Cl2IN4O3S. The van der Waals surface area contributed by atoms with E-state index in [0.29, 0.717) is 35.5 Å². The number of rotatable bonds is 6. The molecule has 1 unspecified atom stereocenters. The quantitative estimate of drug-likeness (QED) is 0.315. The van der Waals surface area contributed by atoms with Crippen LogP contribution in [0, 0.1) is 0 Å². The SMILES string of the molecule is CN=C(NCCC(=O)NC1CCS(=O)(=O)C1)N(C)Cc1ccc(Cl)c(Cl)c1.I. The van der Waals surface area contributed by atoms with Crippen molar-refractivity contribution in [2.24, 2.45) is 4.99 Å². The number of aliphatic imine (C=N–C) groups is 1. The summed E-state index contributed by atoms with van der Waals surface area (Å²) in [5.41, 5.74) is 0.982. The van der Waals surface area contributed by atoms with Crippen LogP contribution in [0.15, 0.2) is 23.2 Å². The molecule has 1 aromatic carbocycles. The Balaban J connectivity index is 0.00000392. The zero-order chi connectivity index (χ0) is 20.0. The highest BCUT2D eigenvalue weighted by atomic mass is 127. The standard InChI is InChI=1S/C17H24Cl2N4O3S.HI/c1-20-17(23(2)10-12-3-4-14(18)15(19)9-12)21-7-5-16(24)22-13-6-8-27(25,26)11-13;/h3-4,9,13H,5-8,10-11H2,1-2H3,(H,20,21)(H,22,24);1H. The van der Waals surface area contributed by atoms with E-state index in [1.807, 2.05) is 18.0 Å². The lowest BCUT2D eigenvalue weighted by molar-refractivity contribution is -0.121. The Bertz CT molecular complexity index is 821. The third-order valence-electron chi connectivity index (χ3n) is 4.21. The fraction of sp³-hybridized carbons (Fsp3) is 0.529. The Morgan fingerprint density at radius 2 is 2.04 bits per heavy atom. The van der Waals surface area contributed by atoms with Crippen LogP contribution in [0.5, 0.6) is 0 Å². The number of amides is 1. The van der Waals surface area contributed by atoms with Gasteiger partial charge in [-0.2, -0.15) is 0 Å². The Labute approximate surface area is 193 Å². The lowest BCUT2D eigenvalue weighted by Crippen LogP contribution is -2.41. The highest BCUT2D eigenvalue weighted by Crippen LogP contribution is 2.23. The zero-order valence-electron chi connectivity index (χ0n) is 15.7. The second-order valence-corrected chi connectivity index (χ2v) is 9.54. The normalized spacial score (nSPS) is 18.3. The number of carbonyl (C=O) groups is 1. The molecule has 0 radical (unpaired) electrons. The van der Waals surface area contributed by atoms with Crippen molar-refractivity contribution in [1.29, 1.82) is 0 Å². The first-order valence-electron chi connectivity index (χ1n) is 8.55. The maximum Gasteiger partial charge on any atom is 0.222 e. The van der Waals surface area contributed by atoms with Crippen molar-refractivity contribution in [2.45, 2.75) is 25.4 Å². The summed E-state index contributed by atoms with van der Waals surface area (Å²) in [6.07, 6.45) is 0.714. The molecule has 0 spiro atoms. The van der Waals surface area contributed by atoms with Gasteiger partial charge in [0.25, 0.3) is 0 Å². The van der Waals surface area contributed by atoms with Gasteiger partial charge in [-0.1, -0.05) is 29.3 Å². The number of benzene rings is 1. The second kappa shape index (κ2) is 11.4. The third-order valence-corrected chi connectivity index (χ3v) is 6.72. The predicted molar refractivity (Wildman–Crippen MR) is 125 cm³/mol. The number of hydrogen-bond donors (Lipinski definition) is 2. The summed E-state index contributed by atoms with van der Waals surface area (Å²) in [6.45, 7) is 0.965. The van der Waals surface area contributed by atoms with Crippen LogP contribution in [0.3, 0.4) is 0 Å². The van der Waals surface area contributed by atoms with Crippen molar-refractivity contribution in [3.8, 4) is 0 Å². The Kier molecular flexibility index (Phi) is 10.3. The lowest BCUT2D eigenvalue weighted by atomic mass is 10.2. The number of nitrogens with one attached hydrogen (secondary N) is 2. The molecule has 0 aliphatic carbocycles. The molecule has 0 bridgehead atoms. The van der Waals surface area contributed by atoms with Gasteiger partial charge in [-0.25, -0.2) is 8.42 Å². The largest absolute Gasteiger partial charge is 0.356 e. The van der Waals surface area contributed by atoms with Gasteiger partial charge in [0.15, 0.2) is 15.8 Å². The number of nitrogens with zero attached hydrogens (tertiary/aromatic N) is 2. The Morgan fingerprint density at radius 3 is 2.61 bits per heavy atom. The van der Waals surface area contributed by atoms with Crippen LogP contribution in [-0.4, -0.2) is 63.4 Å². The first-order chi connectivity index (χ1) is 12.7. The topological polar surface area (TPSA) is 90.9 Å². The summed E-state index contributed by atoms with van der Waals surface area (Å²) < 4.78 is 22.9. The van der Waals surface area contributed by atoms with Crippen LogP contribution in [0.4, 0.5) is 0 Å². The summed E-state index contributed by atoms with van der Waals surface area (Å²) in [6, 6.07) is 5.16. The Hall–Kier alpha value is -0.780. The molecular weight excluding hydrogens is 538 g/mol. The number of guanidine groups is 1. The van der Waals surface area contributed by atoms with Gasteiger partial charge in [-0.05, 0) is 24.1 Å². The molecule has 2 rings (SSSR count). The first-order valence-corrected chi connectivity index (χ1v) is 11.1. The molecule has 11 heteroatoms. The molecule has 2 N–H and O–H groups in total. The molecule has 1 heterocycles. The number of sulfone groups is 1. The summed E-state index contributed by atoms with van der Waals surface area (Å²) in [5, 5.41) is 6.90. The van der Waals surface area contributed by atoms with Gasteiger partial charge in [0.2, 0.25) is 5.91 Å². The molecule has 0 saturated carbocycles. The minimum Gasteiger partial charge on any atom is -0.356 e. The summed E-state index contributed by atoms with van der Waals surface area (Å²) in [5.74, 6) is 0.632. The van der Waals surface area contributed by atoms with Crippen molar-refractivity contribution in [2.75, 3.05) is 32.1 Å². The van der Waals surface area contributed by atoms with Gasteiger partial charge in [-0.15, -0.1) is 24.0 Å². The van der Waals surface area contributed by atoms with E-state index >= 15 is 0 Å². The minimum atomic E-state index is -3.00. The number of carbonyl (C=O) groups excluding carboxylic acids is 1. The zero-order valence-corrected chi connectivity index (χ0v) is 20.4. The van der Waals surface area contributed by atoms with E-state index in [-0.39, 0.29) is 53.9 Å². The molecule has 1 aliphatic heterocycles. The third kappa shape index (κ3) is 7.92. The fourth-order valence-electron chi connectivity index (χ4n) is 2.87. The van der Waals surface area contributed by atoms with Crippen LogP contribution in [0.2, 0.25) is 10.0 Å². The molecule has 1 amide bonds. The van der Waals surface area contributed by atoms with Gasteiger partial charge in [0, 0.05) is 39.6 Å². The summed E-state index contributed by atoms with van der Waals surface area (Å²) in [7, 11) is 0.541. The monoisotopic (exact) mass is 562 g/mol.